The van der Waals surface area contributed by atoms with Crippen LogP contribution in [0.3, 0.4) is 0 Å². The minimum Gasteiger partial charge on any atom is -0.367 e. The third-order valence-corrected chi connectivity index (χ3v) is 3.62. The third kappa shape index (κ3) is 1.63. The van der Waals surface area contributed by atoms with E-state index >= 15 is 0 Å². The molecule has 1 aromatic heterocycles. The second-order valence-electron chi connectivity index (χ2n) is 4.33. The van der Waals surface area contributed by atoms with Gasteiger partial charge in [-0.3, -0.25) is 0 Å². The predicted molar refractivity (Wildman–Crippen MR) is 62.0 cm³/mol. The number of anilines is 1. The normalized spacial score (nSPS) is 32.2. The molecule has 2 aliphatic carbocycles. The van der Waals surface area contributed by atoms with Gasteiger partial charge in [-0.05, 0) is 30.9 Å². The van der Waals surface area contributed by atoms with Crippen molar-refractivity contribution in [3.8, 4) is 0 Å². The number of halogens is 1. The summed E-state index contributed by atoms with van der Waals surface area (Å²) in [5.74, 6) is 2.48. The van der Waals surface area contributed by atoms with E-state index in [0.717, 1.165) is 11.7 Å². The van der Waals surface area contributed by atoms with Gasteiger partial charge in [-0.2, -0.15) is 0 Å². The number of fused-ring (bicyclic) bond motifs is 1. The molecule has 0 radical (unpaired) electrons. The van der Waals surface area contributed by atoms with E-state index in [2.05, 4.69) is 22.5 Å². The zero-order valence-corrected chi connectivity index (χ0v) is 9.11. The molecule has 3 rings (SSSR count). The van der Waals surface area contributed by atoms with Gasteiger partial charge in [0.25, 0.3) is 0 Å². The van der Waals surface area contributed by atoms with Crippen LogP contribution in [0.2, 0.25) is 5.15 Å². The molecule has 3 heteroatoms. The molecule has 3 atom stereocenters. The first-order valence-corrected chi connectivity index (χ1v) is 5.76. The average molecular weight is 221 g/mol. The van der Waals surface area contributed by atoms with Crippen LogP contribution in [0.1, 0.15) is 12.8 Å². The minimum atomic E-state index is 0.554. The predicted octanol–water partition coefficient (Wildman–Crippen LogP) is 3.11. The summed E-state index contributed by atoms with van der Waals surface area (Å²) < 4.78 is 0. The van der Waals surface area contributed by atoms with Crippen molar-refractivity contribution in [1.82, 2.24) is 4.98 Å². The molecule has 1 fully saturated rings. The Morgan fingerprint density at radius 1 is 1.40 bits per heavy atom. The Balaban J connectivity index is 1.69. The van der Waals surface area contributed by atoms with Crippen LogP contribution in [0, 0.1) is 11.8 Å². The molecular formula is C12H13ClN2. The van der Waals surface area contributed by atoms with Gasteiger partial charge in [-0.25, -0.2) is 4.98 Å². The van der Waals surface area contributed by atoms with Gasteiger partial charge in [0.1, 0.15) is 11.0 Å². The molecule has 0 spiro atoms. The lowest BCUT2D eigenvalue weighted by atomic mass is 9.71. The van der Waals surface area contributed by atoms with Crippen molar-refractivity contribution in [3.05, 3.63) is 35.5 Å². The van der Waals surface area contributed by atoms with Gasteiger partial charge in [0.15, 0.2) is 0 Å². The second kappa shape index (κ2) is 3.53. The standard InChI is InChI=1S/C12H13ClN2/c13-11-5-2-6-12(15-11)14-10-7-8-3-1-4-9(8)10/h1-2,4-6,8-10H,3,7H2,(H,14,15). The van der Waals surface area contributed by atoms with E-state index in [1.54, 1.807) is 6.07 Å². The van der Waals surface area contributed by atoms with Crippen LogP contribution in [0.5, 0.6) is 0 Å². The van der Waals surface area contributed by atoms with Crippen LogP contribution in [0.25, 0.3) is 0 Å². The fourth-order valence-electron chi connectivity index (χ4n) is 2.56. The van der Waals surface area contributed by atoms with Crippen molar-refractivity contribution >= 4 is 17.4 Å². The summed E-state index contributed by atoms with van der Waals surface area (Å²) in [7, 11) is 0. The summed E-state index contributed by atoms with van der Waals surface area (Å²) in [5.41, 5.74) is 0. The van der Waals surface area contributed by atoms with Gasteiger partial charge in [-0.15, -0.1) is 0 Å². The molecule has 2 aliphatic rings. The summed E-state index contributed by atoms with van der Waals surface area (Å²) in [6.45, 7) is 0. The molecule has 0 aliphatic heterocycles. The monoisotopic (exact) mass is 220 g/mol. The molecule has 3 unspecified atom stereocenters. The first kappa shape index (κ1) is 9.22. The highest BCUT2D eigenvalue weighted by atomic mass is 35.5. The highest BCUT2D eigenvalue weighted by Crippen LogP contribution is 2.43. The van der Waals surface area contributed by atoms with Crippen molar-refractivity contribution in [3.63, 3.8) is 0 Å². The number of hydrogen-bond acceptors (Lipinski definition) is 2. The Morgan fingerprint density at radius 2 is 2.33 bits per heavy atom. The van der Waals surface area contributed by atoms with Crippen LogP contribution < -0.4 is 5.32 Å². The Kier molecular flexibility index (Phi) is 2.17. The summed E-state index contributed by atoms with van der Waals surface area (Å²) >= 11 is 5.84. The first-order chi connectivity index (χ1) is 7.33. The number of nitrogens with one attached hydrogen (secondary N) is 1. The average Bonchev–Trinajstić information content (AvgIpc) is 2.56. The molecule has 2 nitrogen and oxygen atoms in total. The molecule has 0 saturated heterocycles. The van der Waals surface area contributed by atoms with E-state index in [1.165, 1.54) is 12.8 Å². The van der Waals surface area contributed by atoms with E-state index < -0.39 is 0 Å². The third-order valence-electron chi connectivity index (χ3n) is 3.41. The van der Waals surface area contributed by atoms with Gasteiger partial charge >= 0.3 is 0 Å². The molecule has 0 bridgehead atoms. The van der Waals surface area contributed by atoms with Crippen LogP contribution in [-0.2, 0) is 0 Å². The van der Waals surface area contributed by atoms with Crippen LogP contribution in [0.4, 0.5) is 5.82 Å². The molecule has 1 N–H and O–H groups in total. The Labute approximate surface area is 94.4 Å². The number of rotatable bonds is 2. The molecule has 1 heterocycles. The number of hydrogen-bond donors (Lipinski definition) is 1. The summed E-state index contributed by atoms with van der Waals surface area (Å²) in [6, 6.07) is 6.25. The van der Waals surface area contributed by atoms with Gasteiger partial charge in [0, 0.05) is 12.0 Å². The molecule has 15 heavy (non-hydrogen) atoms. The SMILES string of the molecule is Clc1cccc(NC2CC3CC=CC32)n1. The van der Waals surface area contributed by atoms with E-state index in [9.17, 15) is 0 Å². The van der Waals surface area contributed by atoms with E-state index in [4.69, 9.17) is 11.6 Å². The maximum atomic E-state index is 5.84. The fraction of sp³-hybridized carbons (Fsp3) is 0.417. The summed E-state index contributed by atoms with van der Waals surface area (Å²) in [4.78, 5) is 4.24. The van der Waals surface area contributed by atoms with Crippen molar-refractivity contribution < 1.29 is 0 Å². The molecule has 1 aromatic rings. The number of pyridine rings is 1. The Bertz CT molecular complexity index is 402. The summed E-state index contributed by atoms with van der Waals surface area (Å²) in [5, 5.41) is 4.00. The fourth-order valence-corrected chi connectivity index (χ4v) is 2.73. The van der Waals surface area contributed by atoms with Crippen LogP contribution >= 0.6 is 11.6 Å². The maximum Gasteiger partial charge on any atom is 0.131 e. The molecule has 0 aromatic carbocycles. The minimum absolute atomic E-state index is 0.554. The van der Waals surface area contributed by atoms with Crippen molar-refractivity contribution in [2.75, 3.05) is 5.32 Å². The van der Waals surface area contributed by atoms with E-state index in [1.807, 2.05) is 12.1 Å². The number of nitrogens with zero attached hydrogens (tertiary/aromatic N) is 1. The zero-order valence-electron chi connectivity index (χ0n) is 8.36. The van der Waals surface area contributed by atoms with Crippen molar-refractivity contribution in [2.45, 2.75) is 18.9 Å². The van der Waals surface area contributed by atoms with Gasteiger partial charge in [-0.1, -0.05) is 29.8 Å². The zero-order chi connectivity index (χ0) is 10.3. The molecule has 78 valence electrons. The highest BCUT2D eigenvalue weighted by Gasteiger charge is 2.40. The quantitative estimate of drug-likeness (QED) is 0.612. The van der Waals surface area contributed by atoms with E-state index in [-0.39, 0.29) is 0 Å². The lowest BCUT2D eigenvalue weighted by molar-refractivity contribution is 0.217. The Hall–Kier alpha value is -1.02. The number of aromatic nitrogens is 1. The molecule has 0 amide bonds. The van der Waals surface area contributed by atoms with Crippen LogP contribution in [0.15, 0.2) is 30.4 Å². The lowest BCUT2D eigenvalue weighted by Gasteiger charge is -2.40. The largest absolute Gasteiger partial charge is 0.367 e. The van der Waals surface area contributed by atoms with Crippen molar-refractivity contribution in [2.24, 2.45) is 11.8 Å². The molecular weight excluding hydrogens is 208 g/mol. The lowest BCUT2D eigenvalue weighted by Crippen LogP contribution is -2.43. The second-order valence-corrected chi connectivity index (χ2v) is 4.72. The van der Waals surface area contributed by atoms with Gasteiger partial charge < -0.3 is 5.32 Å². The highest BCUT2D eigenvalue weighted by molar-refractivity contribution is 6.29. The topological polar surface area (TPSA) is 24.9 Å². The summed E-state index contributed by atoms with van der Waals surface area (Å²) in [6.07, 6.45) is 7.14. The smallest absolute Gasteiger partial charge is 0.131 e. The van der Waals surface area contributed by atoms with Gasteiger partial charge in [0.05, 0.1) is 0 Å². The molecule has 1 saturated carbocycles. The maximum absolute atomic E-state index is 5.84. The number of allylic oxidation sites excluding steroid dienone is 1. The van der Waals surface area contributed by atoms with Crippen LogP contribution in [-0.4, -0.2) is 11.0 Å². The Morgan fingerprint density at radius 3 is 3.13 bits per heavy atom. The first-order valence-electron chi connectivity index (χ1n) is 5.39. The van der Waals surface area contributed by atoms with Crippen molar-refractivity contribution in [1.29, 1.82) is 0 Å². The van der Waals surface area contributed by atoms with Gasteiger partial charge in [0.2, 0.25) is 0 Å². The van der Waals surface area contributed by atoms with E-state index in [0.29, 0.717) is 17.1 Å².